The minimum atomic E-state index is -0.875. The van der Waals surface area contributed by atoms with Crippen LogP contribution >= 0.6 is 0 Å². The summed E-state index contributed by atoms with van der Waals surface area (Å²) in [5, 5.41) is 10.0. The van der Waals surface area contributed by atoms with Crippen molar-refractivity contribution in [3.8, 4) is 0 Å². The van der Waals surface area contributed by atoms with E-state index in [0.717, 1.165) is 11.1 Å². The van der Waals surface area contributed by atoms with Crippen LogP contribution in [0.4, 0.5) is 0 Å². The molecule has 1 N–H and O–H groups in total. The zero-order chi connectivity index (χ0) is 21.4. The predicted molar refractivity (Wildman–Crippen MR) is 117 cm³/mol. The number of carboxylic acids is 1. The van der Waals surface area contributed by atoms with E-state index in [0.29, 0.717) is 12.8 Å². The number of aliphatic carboxylic acids is 1. The highest BCUT2D eigenvalue weighted by atomic mass is 16.5. The van der Waals surface area contributed by atoms with Gasteiger partial charge < -0.3 is 9.84 Å². The highest BCUT2D eigenvalue weighted by Gasteiger charge is 2.59. The molecule has 2 aliphatic rings. The Bertz CT molecular complexity index is 1020. The van der Waals surface area contributed by atoms with Gasteiger partial charge in [-0.05, 0) is 22.3 Å². The molecule has 3 aromatic rings. The molecule has 156 valence electrons. The van der Waals surface area contributed by atoms with Gasteiger partial charge in [-0.1, -0.05) is 84.9 Å². The third-order valence-electron chi connectivity index (χ3n) is 6.77. The summed E-state index contributed by atoms with van der Waals surface area (Å²) in [6.45, 7) is 0. The fraction of sp³-hybridized carbons (Fsp3) is 0.259. The van der Waals surface area contributed by atoms with Gasteiger partial charge in [-0.2, -0.15) is 0 Å². The lowest BCUT2D eigenvalue weighted by molar-refractivity contribution is -0.167. The zero-order valence-electron chi connectivity index (χ0n) is 17.1. The molecule has 1 fully saturated rings. The van der Waals surface area contributed by atoms with Crippen molar-refractivity contribution in [2.45, 2.75) is 30.8 Å². The van der Waals surface area contributed by atoms with Crippen molar-refractivity contribution in [1.29, 1.82) is 0 Å². The van der Waals surface area contributed by atoms with Gasteiger partial charge in [0, 0.05) is 24.7 Å². The summed E-state index contributed by atoms with van der Waals surface area (Å²) in [5.41, 5.74) is 4.19. The Balaban J connectivity index is 1.45. The molecule has 0 saturated heterocycles. The molecule has 0 aromatic heterocycles. The van der Waals surface area contributed by atoms with Crippen molar-refractivity contribution >= 4 is 11.9 Å². The highest BCUT2D eigenvalue weighted by molar-refractivity contribution is 5.84. The Morgan fingerprint density at radius 3 is 1.58 bits per heavy atom. The maximum atomic E-state index is 13.5. The van der Waals surface area contributed by atoms with Crippen molar-refractivity contribution in [2.24, 2.45) is 11.8 Å². The molecule has 1 unspecified atom stereocenters. The Kier molecular flexibility index (Phi) is 5.06. The molecule has 0 radical (unpaired) electrons. The van der Waals surface area contributed by atoms with E-state index < -0.39 is 29.6 Å². The van der Waals surface area contributed by atoms with Crippen LogP contribution in [0.3, 0.4) is 0 Å². The number of hydrogen-bond acceptors (Lipinski definition) is 3. The van der Waals surface area contributed by atoms with Crippen molar-refractivity contribution < 1.29 is 19.4 Å². The van der Waals surface area contributed by atoms with Crippen LogP contribution in [0, 0.1) is 11.8 Å². The second-order valence-electron chi connectivity index (χ2n) is 8.50. The maximum Gasteiger partial charge on any atom is 0.310 e. The molecule has 0 aliphatic heterocycles. The molecular weight excluding hydrogens is 388 g/mol. The van der Waals surface area contributed by atoms with Crippen LogP contribution in [0.1, 0.15) is 34.1 Å². The number of fused-ring (bicyclic) bond motifs is 1. The molecule has 4 atom stereocenters. The van der Waals surface area contributed by atoms with Gasteiger partial charge in [0.15, 0.2) is 0 Å². The molecule has 0 spiro atoms. The van der Waals surface area contributed by atoms with Crippen LogP contribution in [0.15, 0.2) is 84.9 Å². The topological polar surface area (TPSA) is 63.6 Å². The highest BCUT2D eigenvalue weighted by Crippen LogP contribution is 2.58. The van der Waals surface area contributed by atoms with Crippen LogP contribution in [-0.4, -0.2) is 23.1 Å². The summed E-state index contributed by atoms with van der Waals surface area (Å²) in [5.74, 6) is -3.16. The maximum absolute atomic E-state index is 13.5. The van der Waals surface area contributed by atoms with Crippen LogP contribution in [0.25, 0.3) is 0 Å². The van der Waals surface area contributed by atoms with Crippen LogP contribution < -0.4 is 0 Å². The number of benzene rings is 3. The second-order valence-corrected chi connectivity index (χ2v) is 8.50. The first kappa shape index (κ1) is 19.6. The molecule has 1 saturated carbocycles. The summed E-state index contributed by atoms with van der Waals surface area (Å²) >= 11 is 0. The monoisotopic (exact) mass is 412 g/mol. The van der Waals surface area contributed by atoms with Gasteiger partial charge in [0.05, 0.1) is 11.8 Å². The van der Waals surface area contributed by atoms with E-state index in [4.69, 9.17) is 4.74 Å². The van der Waals surface area contributed by atoms with E-state index in [2.05, 4.69) is 12.1 Å². The summed E-state index contributed by atoms with van der Waals surface area (Å²) < 4.78 is 6.00. The fourth-order valence-corrected chi connectivity index (χ4v) is 5.37. The fourth-order valence-electron chi connectivity index (χ4n) is 5.37. The predicted octanol–water partition coefficient (Wildman–Crippen LogP) is 4.60. The van der Waals surface area contributed by atoms with Crippen molar-refractivity contribution in [1.82, 2.24) is 0 Å². The third-order valence-corrected chi connectivity index (χ3v) is 6.77. The number of rotatable bonds is 5. The van der Waals surface area contributed by atoms with Crippen LogP contribution in [0.5, 0.6) is 0 Å². The summed E-state index contributed by atoms with van der Waals surface area (Å²) in [4.78, 5) is 25.7. The van der Waals surface area contributed by atoms with Crippen LogP contribution in [0.2, 0.25) is 0 Å². The number of carbonyl (C=O) groups excluding carboxylic acids is 1. The lowest BCUT2D eigenvalue weighted by Crippen LogP contribution is -2.52. The molecule has 5 rings (SSSR count). The number of hydrogen-bond donors (Lipinski definition) is 1. The largest absolute Gasteiger partial charge is 0.481 e. The summed E-state index contributed by atoms with van der Waals surface area (Å²) in [6, 6.07) is 27.2. The minimum Gasteiger partial charge on any atom is -0.481 e. The lowest BCUT2D eigenvalue weighted by atomic mass is 9.52. The average Bonchev–Trinajstić information content (AvgIpc) is 3.16. The Labute approximate surface area is 181 Å². The first-order valence-corrected chi connectivity index (χ1v) is 10.7. The molecule has 4 nitrogen and oxygen atoms in total. The molecule has 0 bridgehead atoms. The summed E-state index contributed by atoms with van der Waals surface area (Å²) in [6.07, 6.45) is 1.23. The Morgan fingerprint density at radius 2 is 1.13 bits per heavy atom. The van der Waals surface area contributed by atoms with E-state index in [1.54, 1.807) is 0 Å². The Hall–Kier alpha value is -3.40. The number of ether oxygens (including phenoxy) is 1. The first-order chi connectivity index (χ1) is 15.1. The van der Waals surface area contributed by atoms with E-state index >= 15 is 0 Å². The van der Waals surface area contributed by atoms with Gasteiger partial charge in [-0.25, -0.2) is 0 Å². The molecule has 0 amide bonds. The summed E-state index contributed by atoms with van der Waals surface area (Å²) in [7, 11) is 0. The minimum absolute atomic E-state index is 0.193. The molecule has 2 aliphatic carbocycles. The van der Waals surface area contributed by atoms with E-state index in [9.17, 15) is 14.7 Å². The molecule has 0 heterocycles. The molecule has 3 aromatic carbocycles. The van der Waals surface area contributed by atoms with Gasteiger partial charge >= 0.3 is 11.9 Å². The van der Waals surface area contributed by atoms with Crippen molar-refractivity contribution in [3.05, 3.63) is 107 Å². The van der Waals surface area contributed by atoms with Crippen molar-refractivity contribution in [3.63, 3.8) is 0 Å². The molecule has 4 heteroatoms. The third kappa shape index (κ3) is 3.52. The molecule has 31 heavy (non-hydrogen) atoms. The van der Waals surface area contributed by atoms with E-state index in [-0.39, 0.29) is 12.1 Å². The quantitative estimate of drug-likeness (QED) is 0.623. The number of esters is 1. The normalized spacial score (nSPS) is 24.8. The van der Waals surface area contributed by atoms with Gasteiger partial charge in [-0.3, -0.25) is 9.59 Å². The van der Waals surface area contributed by atoms with Crippen molar-refractivity contribution in [2.75, 3.05) is 0 Å². The lowest BCUT2D eigenvalue weighted by Gasteiger charge is -2.49. The van der Waals surface area contributed by atoms with Gasteiger partial charge in [0.2, 0.25) is 0 Å². The SMILES string of the molecule is O=C(OC1Cc2ccccc2C1)C1[C@@H](c2ccccc2)[C@H](C(=O)O)[C@H]1c1ccccc1. The second kappa shape index (κ2) is 8.03. The van der Waals surface area contributed by atoms with Gasteiger partial charge in [0.25, 0.3) is 0 Å². The van der Waals surface area contributed by atoms with E-state index in [1.165, 1.54) is 11.1 Å². The van der Waals surface area contributed by atoms with Crippen LogP contribution in [-0.2, 0) is 27.2 Å². The first-order valence-electron chi connectivity index (χ1n) is 10.7. The smallest absolute Gasteiger partial charge is 0.310 e. The van der Waals surface area contributed by atoms with E-state index in [1.807, 2.05) is 72.8 Å². The van der Waals surface area contributed by atoms with Gasteiger partial charge in [0.1, 0.15) is 6.10 Å². The molecular formula is C27H24O4. The number of carboxylic acid groups (broad SMARTS) is 1. The average molecular weight is 412 g/mol. The van der Waals surface area contributed by atoms with Gasteiger partial charge in [-0.15, -0.1) is 0 Å². The number of carbonyl (C=O) groups is 2. The Morgan fingerprint density at radius 1 is 0.677 bits per heavy atom. The zero-order valence-corrected chi connectivity index (χ0v) is 17.1. The standard InChI is InChI=1S/C27H24O4/c28-26(29)24-22(17-9-3-1-4-10-17)25(23(24)18-11-5-2-6-12-18)27(30)31-21-15-19-13-7-8-14-20(19)16-21/h1-14,21-25H,15-16H2,(H,28,29)/t22-,23+,24-,25?.